The summed E-state index contributed by atoms with van der Waals surface area (Å²) in [6, 6.07) is 0. The molecule has 13 heavy (non-hydrogen) atoms. The predicted octanol–water partition coefficient (Wildman–Crippen LogP) is 2.00. The van der Waals surface area contributed by atoms with Crippen LogP contribution >= 0.6 is 0 Å². The summed E-state index contributed by atoms with van der Waals surface area (Å²) >= 11 is 0. The summed E-state index contributed by atoms with van der Waals surface area (Å²) in [5, 5.41) is 0. The van der Waals surface area contributed by atoms with E-state index in [9.17, 15) is 4.39 Å². The highest BCUT2D eigenvalue weighted by molar-refractivity contribution is 5.14. The van der Waals surface area contributed by atoms with Crippen molar-refractivity contribution in [1.29, 1.82) is 0 Å². The monoisotopic (exact) mass is 187 g/mol. The van der Waals surface area contributed by atoms with Gasteiger partial charge in [-0.1, -0.05) is 13.8 Å². The molecule has 2 N–H and O–H groups in total. The van der Waals surface area contributed by atoms with E-state index in [4.69, 9.17) is 10.5 Å². The summed E-state index contributed by atoms with van der Waals surface area (Å²) in [4.78, 5) is 0. The minimum Gasteiger partial charge on any atom is -0.495 e. The number of hydrogen-bond acceptors (Lipinski definition) is 2. The number of ether oxygens (including phenoxy) is 1. The van der Waals surface area contributed by atoms with Crippen LogP contribution in [-0.4, -0.2) is 18.8 Å². The van der Waals surface area contributed by atoms with Crippen LogP contribution in [0.25, 0.3) is 0 Å². The first kappa shape index (κ1) is 10.5. The van der Waals surface area contributed by atoms with E-state index in [0.29, 0.717) is 12.4 Å². The van der Waals surface area contributed by atoms with Crippen LogP contribution in [0.1, 0.15) is 26.7 Å². The Morgan fingerprint density at radius 2 is 2.38 bits per heavy atom. The molecular formula is C10H18FNO. The predicted molar refractivity (Wildman–Crippen MR) is 51.0 cm³/mol. The summed E-state index contributed by atoms with van der Waals surface area (Å²) < 4.78 is 19.5. The van der Waals surface area contributed by atoms with Gasteiger partial charge in [-0.2, -0.15) is 0 Å². The van der Waals surface area contributed by atoms with E-state index in [1.165, 1.54) is 0 Å². The van der Waals surface area contributed by atoms with Crippen molar-refractivity contribution in [2.75, 3.05) is 13.2 Å². The normalized spacial score (nSPS) is 22.1. The van der Waals surface area contributed by atoms with Crippen LogP contribution in [0.4, 0.5) is 4.39 Å². The molecule has 76 valence electrons. The zero-order chi connectivity index (χ0) is 9.90. The SMILES string of the molecule is CC(C)C(F)(CN)C1=CCCCO1. The molecule has 2 nitrogen and oxygen atoms in total. The molecule has 0 aliphatic carbocycles. The van der Waals surface area contributed by atoms with Gasteiger partial charge in [-0.05, 0) is 24.8 Å². The second-order valence-corrected chi connectivity index (χ2v) is 3.78. The fourth-order valence-electron chi connectivity index (χ4n) is 1.47. The lowest BCUT2D eigenvalue weighted by atomic mass is 9.89. The van der Waals surface area contributed by atoms with Crippen molar-refractivity contribution in [1.82, 2.24) is 0 Å². The van der Waals surface area contributed by atoms with E-state index >= 15 is 0 Å². The van der Waals surface area contributed by atoms with E-state index in [0.717, 1.165) is 12.8 Å². The first-order valence-corrected chi connectivity index (χ1v) is 4.83. The molecule has 0 bridgehead atoms. The Morgan fingerprint density at radius 1 is 1.69 bits per heavy atom. The van der Waals surface area contributed by atoms with Crippen LogP contribution < -0.4 is 5.73 Å². The highest BCUT2D eigenvalue weighted by atomic mass is 19.1. The largest absolute Gasteiger partial charge is 0.495 e. The van der Waals surface area contributed by atoms with Crippen molar-refractivity contribution in [2.24, 2.45) is 11.7 Å². The van der Waals surface area contributed by atoms with E-state index in [-0.39, 0.29) is 12.5 Å². The molecule has 0 aromatic carbocycles. The number of nitrogens with two attached hydrogens (primary N) is 1. The Bertz CT molecular complexity index is 203. The number of allylic oxidation sites excluding steroid dienone is 1. The van der Waals surface area contributed by atoms with Gasteiger partial charge in [0.05, 0.1) is 6.61 Å². The highest BCUT2D eigenvalue weighted by Gasteiger charge is 2.38. The van der Waals surface area contributed by atoms with Crippen LogP contribution in [0.3, 0.4) is 0 Å². The van der Waals surface area contributed by atoms with Crippen molar-refractivity contribution < 1.29 is 9.13 Å². The second kappa shape index (κ2) is 4.09. The summed E-state index contributed by atoms with van der Waals surface area (Å²) in [6.07, 6.45) is 3.70. The summed E-state index contributed by atoms with van der Waals surface area (Å²) in [7, 11) is 0. The molecule has 1 aliphatic heterocycles. The lowest BCUT2D eigenvalue weighted by Gasteiger charge is -2.32. The third-order valence-corrected chi connectivity index (χ3v) is 2.56. The Morgan fingerprint density at radius 3 is 2.77 bits per heavy atom. The van der Waals surface area contributed by atoms with Crippen molar-refractivity contribution in [3.63, 3.8) is 0 Å². The molecular weight excluding hydrogens is 169 g/mol. The van der Waals surface area contributed by atoms with E-state index < -0.39 is 5.67 Å². The number of rotatable bonds is 3. The molecule has 0 spiro atoms. The Labute approximate surface area is 78.9 Å². The average Bonchev–Trinajstić information content (AvgIpc) is 2.17. The third kappa shape index (κ3) is 2.02. The molecule has 0 aromatic rings. The molecule has 1 heterocycles. The van der Waals surface area contributed by atoms with Gasteiger partial charge < -0.3 is 10.5 Å². The second-order valence-electron chi connectivity index (χ2n) is 3.78. The first-order valence-electron chi connectivity index (χ1n) is 4.83. The topological polar surface area (TPSA) is 35.2 Å². The van der Waals surface area contributed by atoms with Crippen molar-refractivity contribution in [3.8, 4) is 0 Å². The molecule has 1 rings (SSSR count). The fourth-order valence-corrected chi connectivity index (χ4v) is 1.47. The van der Waals surface area contributed by atoms with Gasteiger partial charge in [0.25, 0.3) is 0 Å². The summed E-state index contributed by atoms with van der Waals surface area (Å²) in [6.45, 7) is 4.26. The van der Waals surface area contributed by atoms with Crippen LogP contribution in [-0.2, 0) is 4.74 Å². The van der Waals surface area contributed by atoms with Gasteiger partial charge in [-0.3, -0.25) is 0 Å². The number of alkyl halides is 1. The first-order chi connectivity index (χ1) is 6.11. The van der Waals surface area contributed by atoms with Crippen LogP contribution in [0.5, 0.6) is 0 Å². The van der Waals surface area contributed by atoms with Gasteiger partial charge in [0.15, 0.2) is 5.67 Å². The molecule has 0 amide bonds. The molecule has 1 unspecified atom stereocenters. The van der Waals surface area contributed by atoms with Gasteiger partial charge in [-0.15, -0.1) is 0 Å². The zero-order valence-electron chi connectivity index (χ0n) is 8.35. The molecule has 1 aliphatic rings. The van der Waals surface area contributed by atoms with Gasteiger partial charge in [0.1, 0.15) is 5.76 Å². The Kier molecular flexibility index (Phi) is 3.31. The fraction of sp³-hybridized carbons (Fsp3) is 0.800. The third-order valence-electron chi connectivity index (χ3n) is 2.56. The maximum atomic E-state index is 14.2. The van der Waals surface area contributed by atoms with Gasteiger partial charge in [0.2, 0.25) is 0 Å². The van der Waals surface area contributed by atoms with Gasteiger partial charge in [-0.25, -0.2) is 4.39 Å². The zero-order valence-corrected chi connectivity index (χ0v) is 8.35. The van der Waals surface area contributed by atoms with E-state index in [1.807, 2.05) is 19.9 Å². The quantitative estimate of drug-likeness (QED) is 0.733. The molecule has 1 atom stereocenters. The minimum absolute atomic E-state index is 0.00347. The number of halogens is 1. The van der Waals surface area contributed by atoms with Crippen molar-refractivity contribution in [3.05, 3.63) is 11.8 Å². The molecule has 0 fully saturated rings. The smallest absolute Gasteiger partial charge is 0.181 e. The summed E-state index contributed by atoms with van der Waals surface area (Å²) in [5.74, 6) is 0.304. The molecule has 0 saturated heterocycles. The lowest BCUT2D eigenvalue weighted by molar-refractivity contribution is 0.0480. The highest BCUT2D eigenvalue weighted by Crippen LogP contribution is 2.32. The standard InChI is InChI=1S/C10H18FNO/c1-8(2)10(11,7-12)9-5-3-4-6-13-9/h5,8H,3-4,6-7,12H2,1-2H3. The molecule has 0 aromatic heterocycles. The van der Waals surface area contributed by atoms with E-state index in [1.54, 1.807) is 0 Å². The molecule has 0 saturated carbocycles. The molecule has 3 heteroatoms. The van der Waals surface area contributed by atoms with Crippen LogP contribution in [0.2, 0.25) is 0 Å². The van der Waals surface area contributed by atoms with Crippen molar-refractivity contribution in [2.45, 2.75) is 32.4 Å². The molecule has 0 radical (unpaired) electrons. The lowest BCUT2D eigenvalue weighted by Crippen LogP contribution is -2.41. The van der Waals surface area contributed by atoms with Gasteiger partial charge in [0, 0.05) is 6.54 Å². The van der Waals surface area contributed by atoms with E-state index in [2.05, 4.69) is 0 Å². The maximum Gasteiger partial charge on any atom is 0.181 e. The van der Waals surface area contributed by atoms with Gasteiger partial charge >= 0.3 is 0 Å². The van der Waals surface area contributed by atoms with Crippen LogP contribution in [0.15, 0.2) is 11.8 Å². The Hall–Kier alpha value is -0.570. The number of hydrogen-bond donors (Lipinski definition) is 1. The maximum absolute atomic E-state index is 14.2. The minimum atomic E-state index is -1.47. The van der Waals surface area contributed by atoms with Crippen LogP contribution in [0, 0.1) is 5.92 Å². The summed E-state index contributed by atoms with van der Waals surface area (Å²) in [5.41, 5.74) is 3.97. The van der Waals surface area contributed by atoms with Crippen molar-refractivity contribution >= 4 is 0 Å². The Balaban J connectivity index is 2.80. The average molecular weight is 187 g/mol.